The van der Waals surface area contributed by atoms with Gasteiger partial charge in [0, 0.05) is 30.6 Å². The Hall–Kier alpha value is -4.01. The standard InChI is InChI=1S/C24H25N5O4/c1-16-5-3-4-6-19(16)20-9-10-23(27-26-20)28-13-11-17(12-14-28)24(30)25-21-8-7-18(29(31)32)15-22(21)33-2/h3-10,15,17H,11-14H2,1-2H3,(H,25,30). The molecule has 0 atom stereocenters. The zero-order chi connectivity index (χ0) is 23.4. The molecule has 4 rings (SSSR count). The summed E-state index contributed by atoms with van der Waals surface area (Å²) in [6.07, 6.45) is 1.34. The Labute approximate surface area is 191 Å². The number of nitro benzene ring substituents is 1. The van der Waals surface area contributed by atoms with Crippen molar-refractivity contribution in [2.24, 2.45) is 5.92 Å². The van der Waals surface area contributed by atoms with Crippen LogP contribution in [0.4, 0.5) is 17.2 Å². The van der Waals surface area contributed by atoms with Gasteiger partial charge in [-0.25, -0.2) is 0 Å². The zero-order valence-corrected chi connectivity index (χ0v) is 18.5. The van der Waals surface area contributed by atoms with Crippen LogP contribution in [0.5, 0.6) is 5.75 Å². The number of carbonyl (C=O) groups excluding carboxylic acids is 1. The molecule has 0 spiro atoms. The molecule has 0 unspecified atom stereocenters. The van der Waals surface area contributed by atoms with E-state index < -0.39 is 4.92 Å². The molecule has 1 aliphatic rings. The summed E-state index contributed by atoms with van der Waals surface area (Å²) in [6.45, 7) is 3.43. The van der Waals surface area contributed by atoms with Crippen LogP contribution in [0.3, 0.4) is 0 Å². The Morgan fingerprint density at radius 3 is 2.52 bits per heavy atom. The Balaban J connectivity index is 1.36. The molecule has 2 aromatic carbocycles. The molecule has 1 N–H and O–H groups in total. The number of nitrogens with one attached hydrogen (secondary N) is 1. The number of aryl methyl sites for hydroxylation is 1. The van der Waals surface area contributed by atoms with Crippen LogP contribution >= 0.6 is 0 Å². The summed E-state index contributed by atoms with van der Waals surface area (Å²) >= 11 is 0. The summed E-state index contributed by atoms with van der Waals surface area (Å²) in [7, 11) is 1.42. The number of anilines is 2. The highest BCUT2D eigenvalue weighted by atomic mass is 16.6. The summed E-state index contributed by atoms with van der Waals surface area (Å²) in [5.41, 5.74) is 3.38. The first kappa shape index (κ1) is 22.2. The van der Waals surface area contributed by atoms with Gasteiger partial charge in [0.25, 0.3) is 5.69 Å². The van der Waals surface area contributed by atoms with E-state index in [2.05, 4.69) is 20.4 Å². The molecule has 9 nitrogen and oxygen atoms in total. The van der Waals surface area contributed by atoms with Crippen molar-refractivity contribution in [3.05, 3.63) is 70.3 Å². The second kappa shape index (κ2) is 9.64. The van der Waals surface area contributed by atoms with Gasteiger partial charge in [-0.2, -0.15) is 0 Å². The van der Waals surface area contributed by atoms with Crippen LogP contribution in [0.2, 0.25) is 0 Å². The van der Waals surface area contributed by atoms with Crippen LogP contribution in [-0.4, -0.2) is 41.2 Å². The lowest BCUT2D eigenvalue weighted by Crippen LogP contribution is -2.38. The van der Waals surface area contributed by atoms with Crippen molar-refractivity contribution in [2.45, 2.75) is 19.8 Å². The van der Waals surface area contributed by atoms with E-state index in [1.165, 1.54) is 25.3 Å². The molecule has 0 bridgehead atoms. The first-order valence-electron chi connectivity index (χ1n) is 10.7. The van der Waals surface area contributed by atoms with Gasteiger partial charge in [0.2, 0.25) is 5.91 Å². The topological polar surface area (TPSA) is 110 Å². The quantitative estimate of drug-likeness (QED) is 0.445. The number of ether oxygens (including phenoxy) is 1. The second-order valence-corrected chi connectivity index (χ2v) is 7.98. The summed E-state index contributed by atoms with van der Waals surface area (Å²) < 4.78 is 5.21. The molecule has 1 saturated heterocycles. The first-order valence-corrected chi connectivity index (χ1v) is 10.7. The van der Waals surface area contributed by atoms with Crippen LogP contribution in [-0.2, 0) is 4.79 Å². The van der Waals surface area contributed by atoms with Crippen molar-refractivity contribution in [2.75, 3.05) is 30.4 Å². The number of methoxy groups -OCH3 is 1. The number of benzene rings is 2. The Morgan fingerprint density at radius 1 is 1.12 bits per heavy atom. The van der Waals surface area contributed by atoms with Gasteiger partial charge >= 0.3 is 0 Å². The van der Waals surface area contributed by atoms with E-state index >= 15 is 0 Å². The molecule has 1 aliphatic heterocycles. The summed E-state index contributed by atoms with van der Waals surface area (Å²) in [5.74, 6) is 0.769. The number of hydrogen-bond donors (Lipinski definition) is 1. The average molecular weight is 447 g/mol. The van der Waals surface area contributed by atoms with E-state index in [-0.39, 0.29) is 23.3 Å². The Kier molecular flexibility index (Phi) is 6.48. The maximum atomic E-state index is 12.8. The van der Waals surface area contributed by atoms with Gasteiger partial charge < -0.3 is 15.0 Å². The molecule has 170 valence electrons. The highest BCUT2D eigenvalue weighted by Gasteiger charge is 2.27. The molecule has 0 saturated carbocycles. The number of hydrogen-bond acceptors (Lipinski definition) is 7. The smallest absolute Gasteiger partial charge is 0.273 e. The van der Waals surface area contributed by atoms with Crippen LogP contribution < -0.4 is 15.0 Å². The van der Waals surface area contributed by atoms with E-state index in [4.69, 9.17) is 4.74 Å². The fraction of sp³-hybridized carbons (Fsp3) is 0.292. The fourth-order valence-corrected chi connectivity index (χ4v) is 4.00. The van der Waals surface area contributed by atoms with Gasteiger partial charge in [-0.05, 0) is 43.5 Å². The minimum absolute atomic E-state index is 0.0901. The normalized spacial score (nSPS) is 14.1. The minimum atomic E-state index is -0.500. The van der Waals surface area contributed by atoms with E-state index in [1.807, 2.05) is 43.3 Å². The van der Waals surface area contributed by atoms with Gasteiger partial charge in [0.1, 0.15) is 5.75 Å². The molecule has 3 aromatic rings. The molecule has 2 heterocycles. The van der Waals surface area contributed by atoms with Crippen molar-refractivity contribution in [3.63, 3.8) is 0 Å². The van der Waals surface area contributed by atoms with E-state index in [0.717, 1.165) is 22.6 Å². The summed E-state index contributed by atoms with van der Waals surface area (Å²) in [5, 5.41) is 22.6. The third-order valence-electron chi connectivity index (χ3n) is 5.92. The maximum Gasteiger partial charge on any atom is 0.273 e. The Bertz CT molecular complexity index is 1160. The molecule has 1 fully saturated rings. The van der Waals surface area contributed by atoms with Gasteiger partial charge in [0.15, 0.2) is 5.82 Å². The number of amides is 1. The number of carbonyl (C=O) groups is 1. The van der Waals surface area contributed by atoms with Crippen molar-refractivity contribution >= 4 is 23.1 Å². The van der Waals surface area contributed by atoms with Crippen LogP contribution in [0.1, 0.15) is 18.4 Å². The van der Waals surface area contributed by atoms with E-state index in [9.17, 15) is 14.9 Å². The lowest BCUT2D eigenvalue weighted by Gasteiger charge is -2.32. The minimum Gasteiger partial charge on any atom is -0.494 e. The molecule has 33 heavy (non-hydrogen) atoms. The predicted molar refractivity (Wildman–Crippen MR) is 125 cm³/mol. The third kappa shape index (κ3) is 4.92. The van der Waals surface area contributed by atoms with Gasteiger partial charge in [0.05, 0.1) is 29.5 Å². The Morgan fingerprint density at radius 2 is 1.88 bits per heavy atom. The van der Waals surface area contributed by atoms with Crippen LogP contribution in [0.15, 0.2) is 54.6 Å². The number of aromatic nitrogens is 2. The summed E-state index contributed by atoms with van der Waals surface area (Å²) in [4.78, 5) is 25.4. The number of non-ortho nitro benzene ring substituents is 1. The van der Waals surface area contributed by atoms with E-state index in [0.29, 0.717) is 31.6 Å². The predicted octanol–water partition coefficient (Wildman–Crippen LogP) is 4.22. The number of nitrogens with zero attached hydrogens (tertiary/aromatic N) is 4. The van der Waals surface area contributed by atoms with Crippen molar-refractivity contribution in [1.29, 1.82) is 0 Å². The molecule has 0 radical (unpaired) electrons. The largest absolute Gasteiger partial charge is 0.494 e. The highest BCUT2D eigenvalue weighted by molar-refractivity contribution is 5.94. The molecule has 0 aliphatic carbocycles. The molecule has 1 aromatic heterocycles. The number of nitro groups is 1. The molecular weight excluding hydrogens is 422 g/mol. The van der Waals surface area contributed by atoms with Gasteiger partial charge in [-0.3, -0.25) is 14.9 Å². The fourth-order valence-electron chi connectivity index (χ4n) is 4.00. The molecule has 1 amide bonds. The lowest BCUT2D eigenvalue weighted by atomic mass is 9.95. The monoisotopic (exact) mass is 447 g/mol. The third-order valence-corrected chi connectivity index (χ3v) is 5.92. The van der Waals surface area contributed by atoms with Crippen LogP contribution in [0.25, 0.3) is 11.3 Å². The zero-order valence-electron chi connectivity index (χ0n) is 18.5. The SMILES string of the molecule is COc1cc([N+](=O)[O-])ccc1NC(=O)C1CCN(c2ccc(-c3ccccc3C)nn2)CC1. The first-order chi connectivity index (χ1) is 16.0. The number of rotatable bonds is 6. The maximum absolute atomic E-state index is 12.8. The lowest BCUT2D eigenvalue weighted by molar-refractivity contribution is -0.384. The van der Waals surface area contributed by atoms with Gasteiger partial charge in [-0.1, -0.05) is 24.3 Å². The van der Waals surface area contributed by atoms with Crippen molar-refractivity contribution < 1.29 is 14.5 Å². The second-order valence-electron chi connectivity index (χ2n) is 7.98. The van der Waals surface area contributed by atoms with Crippen molar-refractivity contribution in [3.8, 4) is 17.0 Å². The highest BCUT2D eigenvalue weighted by Crippen LogP contribution is 2.31. The number of piperidine rings is 1. The van der Waals surface area contributed by atoms with E-state index in [1.54, 1.807) is 0 Å². The van der Waals surface area contributed by atoms with Gasteiger partial charge in [-0.15, -0.1) is 10.2 Å². The van der Waals surface area contributed by atoms with Crippen LogP contribution in [0, 0.1) is 23.0 Å². The molecule has 9 heteroatoms. The summed E-state index contributed by atoms with van der Waals surface area (Å²) in [6, 6.07) is 16.2. The average Bonchev–Trinajstić information content (AvgIpc) is 2.84. The molecular formula is C24H25N5O4. The van der Waals surface area contributed by atoms with Crippen molar-refractivity contribution in [1.82, 2.24) is 10.2 Å².